The molecule has 1 saturated heterocycles. The van der Waals surface area contributed by atoms with Gasteiger partial charge in [0.05, 0.1) is 5.69 Å². The topological polar surface area (TPSA) is 32.5 Å². The van der Waals surface area contributed by atoms with Crippen molar-refractivity contribution in [1.82, 2.24) is 4.90 Å². The maximum absolute atomic E-state index is 14.1. The molecule has 0 aliphatic carbocycles. The largest absolute Gasteiger partial charge is 0.389 e. The van der Waals surface area contributed by atoms with Crippen LogP contribution < -0.4 is 10.6 Å². The van der Waals surface area contributed by atoms with Gasteiger partial charge in [-0.05, 0) is 45.1 Å². The quantitative estimate of drug-likeness (QED) is 0.859. The molecule has 1 aliphatic rings. The zero-order chi connectivity index (χ0) is 14.0. The lowest BCUT2D eigenvalue weighted by Gasteiger charge is -2.36. The number of anilines is 1. The first-order valence-corrected chi connectivity index (χ1v) is 6.90. The zero-order valence-electron chi connectivity index (χ0n) is 11.4. The van der Waals surface area contributed by atoms with Crippen LogP contribution in [-0.4, -0.2) is 43.1 Å². The first kappa shape index (κ1) is 14.2. The van der Waals surface area contributed by atoms with E-state index in [0.717, 1.165) is 25.9 Å². The van der Waals surface area contributed by atoms with E-state index >= 15 is 0 Å². The first-order valence-electron chi connectivity index (χ1n) is 6.50. The highest BCUT2D eigenvalue weighted by molar-refractivity contribution is 7.80. The van der Waals surface area contributed by atoms with Crippen molar-refractivity contribution in [2.24, 2.45) is 5.73 Å². The van der Waals surface area contributed by atoms with Crippen molar-refractivity contribution < 1.29 is 4.39 Å². The SMILES string of the molecule is CN(C)C1CCN(c2ccc(C(N)=S)cc2F)CC1. The van der Waals surface area contributed by atoms with Gasteiger partial charge in [0.15, 0.2) is 0 Å². The fourth-order valence-corrected chi connectivity index (χ4v) is 2.67. The number of nitrogens with zero attached hydrogens (tertiary/aromatic N) is 2. The predicted octanol–water partition coefficient (Wildman–Crippen LogP) is 1.99. The van der Waals surface area contributed by atoms with Gasteiger partial charge in [-0.15, -0.1) is 0 Å². The molecule has 0 spiro atoms. The summed E-state index contributed by atoms with van der Waals surface area (Å²) in [6, 6.07) is 5.59. The average Bonchev–Trinajstić information content (AvgIpc) is 2.38. The van der Waals surface area contributed by atoms with Gasteiger partial charge in [-0.3, -0.25) is 0 Å². The maximum atomic E-state index is 14.1. The molecule has 3 nitrogen and oxygen atoms in total. The monoisotopic (exact) mass is 281 g/mol. The zero-order valence-corrected chi connectivity index (χ0v) is 12.2. The van der Waals surface area contributed by atoms with Gasteiger partial charge in [-0.25, -0.2) is 4.39 Å². The van der Waals surface area contributed by atoms with Gasteiger partial charge < -0.3 is 15.5 Å². The molecular formula is C14H20FN3S. The second kappa shape index (κ2) is 5.84. The lowest BCUT2D eigenvalue weighted by atomic mass is 10.0. The van der Waals surface area contributed by atoms with E-state index in [4.69, 9.17) is 18.0 Å². The van der Waals surface area contributed by atoms with E-state index in [1.54, 1.807) is 12.1 Å². The molecule has 1 aliphatic heterocycles. The van der Waals surface area contributed by atoms with Gasteiger partial charge in [0.1, 0.15) is 10.8 Å². The van der Waals surface area contributed by atoms with Gasteiger partial charge in [0.25, 0.3) is 0 Å². The Morgan fingerprint density at radius 3 is 2.47 bits per heavy atom. The van der Waals surface area contributed by atoms with Crippen molar-refractivity contribution in [3.05, 3.63) is 29.6 Å². The Kier molecular flexibility index (Phi) is 4.37. The fraction of sp³-hybridized carbons (Fsp3) is 0.500. The van der Waals surface area contributed by atoms with Gasteiger partial charge in [0, 0.05) is 24.7 Å². The second-order valence-electron chi connectivity index (χ2n) is 5.21. The highest BCUT2D eigenvalue weighted by atomic mass is 32.1. The van der Waals surface area contributed by atoms with Crippen LogP contribution in [0.1, 0.15) is 18.4 Å². The molecule has 19 heavy (non-hydrogen) atoms. The van der Waals surface area contributed by atoms with E-state index in [1.807, 2.05) is 0 Å². The van der Waals surface area contributed by atoms with Gasteiger partial charge in [0.2, 0.25) is 0 Å². The lowest BCUT2D eigenvalue weighted by Crippen LogP contribution is -2.42. The molecule has 0 radical (unpaired) electrons. The summed E-state index contributed by atoms with van der Waals surface area (Å²) in [5.74, 6) is -0.242. The van der Waals surface area contributed by atoms with Crippen LogP contribution in [0.15, 0.2) is 18.2 Å². The number of halogens is 1. The van der Waals surface area contributed by atoms with Crippen LogP contribution in [0.5, 0.6) is 0 Å². The molecule has 104 valence electrons. The third-order valence-electron chi connectivity index (χ3n) is 3.77. The van der Waals surface area contributed by atoms with E-state index in [0.29, 0.717) is 17.3 Å². The molecule has 5 heteroatoms. The van der Waals surface area contributed by atoms with Crippen LogP contribution >= 0.6 is 12.2 Å². The minimum absolute atomic E-state index is 0.233. The Bertz CT molecular complexity index is 468. The highest BCUT2D eigenvalue weighted by Crippen LogP contribution is 2.25. The molecule has 0 aromatic heterocycles. The average molecular weight is 281 g/mol. The van der Waals surface area contributed by atoms with E-state index in [2.05, 4.69) is 23.9 Å². The summed E-state index contributed by atoms with van der Waals surface area (Å²) in [5, 5.41) is 0. The van der Waals surface area contributed by atoms with Crippen LogP contribution in [0, 0.1) is 5.82 Å². The summed E-state index contributed by atoms with van der Waals surface area (Å²) in [4.78, 5) is 4.57. The number of hydrogen-bond acceptors (Lipinski definition) is 3. The van der Waals surface area contributed by atoms with Gasteiger partial charge in [-0.2, -0.15) is 0 Å². The molecule has 2 rings (SSSR count). The Balaban J connectivity index is 2.09. The summed E-state index contributed by atoms with van der Waals surface area (Å²) < 4.78 is 14.1. The van der Waals surface area contributed by atoms with Crippen LogP contribution in [0.4, 0.5) is 10.1 Å². The molecule has 1 aromatic rings. The van der Waals surface area contributed by atoms with E-state index in [1.165, 1.54) is 6.07 Å². The van der Waals surface area contributed by atoms with Crippen molar-refractivity contribution in [1.29, 1.82) is 0 Å². The summed E-state index contributed by atoms with van der Waals surface area (Å²) in [5.41, 5.74) is 6.74. The highest BCUT2D eigenvalue weighted by Gasteiger charge is 2.22. The lowest BCUT2D eigenvalue weighted by molar-refractivity contribution is 0.249. The van der Waals surface area contributed by atoms with Crippen LogP contribution in [0.3, 0.4) is 0 Å². The molecule has 2 N–H and O–H groups in total. The fourth-order valence-electron chi connectivity index (χ4n) is 2.54. The maximum Gasteiger partial charge on any atom is 0.147 e. The number of piperidine rings is 1. The summed E-state index contributed by atoms with van der Waals surface area (Å²) in [6.07, 6.45) is 2.12. The molecule has 1 heterocycles. The van der Waals surface area contributed by atoms with E-state index < -0.39 is 0 Å². The number of thiocarbonyl (C=S) groups is 1. The summed E-state index contributed by atoms with van der Waals surface area (Å²) in [7, 11) is 4.19. The minimum atomic E-state index is -0.242. The van der Waals surface area contributed by atoms with Crippen molar-refractivity contribution >= 4 is 22.9 Å². The smallest absolute Gasteiger partial charge is 0.147 e. The van der Waals surface area contributed by atoms with Crippen molar-refractivity contribution in [3.63, 3.8) is 0 Å². The molecule has 0 unspecified atom stereocenters. The molecule has 0 atom stereocenters. The Labute approximate surface area is 119 Å². The Morgan fingerprint density at radius 1 is 1.37 bits per heavy atom. The normalized spacial score (nSPS) is 16.9. The van der Waals surface area contributed by atoms with Crippen molar-refractivity contribution in [2.75, 3.05) is 32.1 Å². The Morgan fingerprint density at radius 2 is 2.00 bits per heavy atom. The predicted molar refractivity (Wildman–Crippen MR) is 81.2 cm³/mol. The first-order chi connectivity index (χ1) is 8.99. The Hall–Kier alpha value is -1.20. The molecule has 0 saturated carbocycles. The molecule has 0 bridgehead atoms. The molecule has 0 amide bonds. The molecular weight excluding hydrogens is 261 g/mol. The van der Waals surface area contributed by atoms with Crippen molar-refractivity contribution in [3.8, 4) is 0 Å². The third-order valence-corrected chi connectivity index (χ3v) is 4.00. The van der Waals surface area contributed by atoms with Gasteiger partial charge >= 0.3 is 0 Å². The molecule has 1 fully saturated rings. The molecule has 1 aromatic carbocycles. The number of nitrogens with two attached hydrogens (primary N) is 1. The van der Waals surface area contributed by atoms with Crippen LogP contribution in [-0.2, 0) is 0 Å². The number of hydrogen-bond donors (Lipinski definition) is 1. The van der Waals surface area contributed by atoms with Crippen LogP contribution in [0.2, 0.25) is 0 Å². The minimum Gasteiger partial charge on any atom is -0.389 e. The van der Waals surface area contributed by atoms with Crippen LogP contribution in [0.25, 0.3) is 0 Å². The number of benzene rings is 1. The third kappa shape index (κ3) is 3.22. The van der Waals surface area contributed by atoms with E-state index in [-0.39, 0.29) is 10.8 Å². The van der Waals surface area contributed by atoms with Crippen molar-refractivity contribution in [2.45, 2.75) is 18.9 Å². The summed E-state index contributed by atoms with van der Waals surface area (Å²) in [6.45, 7) is 1.76. The number of rotatable bonds is 3. The second-order valence-corrected chi connectivity index (χ2v) is 5.65. The van der Waals surface area contributed by atoms with Gasteiger partial charge in [-0.1, -0.05) is 12.2 Å². The summed E-state index contributed by atoms with van der Waals surface area (Å²) >= 11 is 4.86. The van der Waals surface area contributed by atoms with E-state index in [9.17, 15) is 4.39 Å². The standard InChI is InChI=1S/C14H20FN3S/c1-17(2)11-5-7-18(8-6-11)13-4-3-10(14(16)19)9-12(13)15/h3-4,9,11H,5-8H2,1-2H3,(H2,16,19).